The van der Waals surface area contributed by atoms with Crippen molar-refractivity contribution in [1.29, 1.82) is 0 Å². The highest BCUT2D eigenvalue weighted by Gasteiger charge is 2.15. The summed E-state index contributed by atoms with van der Waals surface area (Å²) >= 11 is 0. The van der Waals surface area contributed by atoms with Gasteiger partial charge in [-0.1, -0.05) is 61.7 Å². The Kier molecular flexibility index (Phi) is 5.47. The number of methoxy groups -OCH3 is 1. The monoisotopic (exact) mass is 320 g/mol. The predicted octanol–water partition coefficient (Wildman–Crippen LogP) is 5.64. The molecule has 24 heavy (non-hydrogen) atoms. The molecule has 2 aromatic carbocycles. The van der Waals surface area contributed by atoms with Crippen LogP contribution in [0.5, 0.6) is 5.75 Å². The minimum Gasteiger partial charge on any atom is -0.497 e. The van der Waals surface area contributed by atoms with E-state index in [4.69, 9.17) is 4.74 Å². The Hall–Kier alpha value is -2.35. The SMILES string of the molecule is COc1ccc(C=CC(=O)c2ccc(C3CCCCC3)cc2)cc1. The lowest BCUT2D eigenvalue weighted by Gasteiger charge is -2.21. The van der Waals surface area contributed by atoms with Crippen LogP contribution in [0, 0.1) is 0 Å². The van der Waals surface area contributed by atoms with E-state index in [1.807, 2.05) is 42.5 Å². The minimum absolute atomic E-state index is 0.0426. The zero-order valence-electron chi connectivity index (χ0n) is 14.2. The number of allylic oxidation sites excluding steroid dienone is 1. The van der Waals surface area contributed by atoms with Gasteiger partial charge in [0, 0.05) is 5.56 Å². The van der Waals surface area contributed by atoms with Crippen molar-refractivity contribution in [1.82, 2.24) is 0 Å². The van der Waals surface area contributed by atoms with Gasteiger partial charge in [-0.3, -0.25) is 4.79 Å². The van der Waals surface area contributed by atoms with Gasteiger partial charge >= 0.3 is 0 Å². The first-order valence-electron chi connectivity index (χ1n) is 8.73. The van der Waals surface area contributed by atoms with Gasteiger partial charge in [0.1, 0.15) is 5.75 Å². The molecule has 0 aliphatic heterocycles. The molecule has 0 radical (unpaired) electrons. The maximum atomic E-state index is 12.3. The zero-order chi connectivity index (χ0) is 16.8. The molecule has 0 unspecified atom stereocenters. The van der Waals surface area contributed by atoms with Crippen LogP contribution in [0.25, 0.3) is 6.08 Å². The average molecular weight is 320 g/mol. The van der Waals surface area contributed by atoms with Crippen LogP contribution >= 0.6 is 0 Å². The van der Waals surface area contributed by atoms with Crippen LogP contribution in [0.3, 0.4) is 0 Å². The molecule has 0 bridgehead atoms. The maximum absolute atomic E-state index is 12.3. The smallest absolute Gasteiger partial charge is 0.185 e. The topological polar surface area (TPSA) is 26.3 Å². The molecule has 2 heteroatoms. The van der Waals surface area contributed by atoms with Gasteiger partial charge < -0.3 is 4.74 Å². The molecule has 0 amide bonds. The molecule has 1 aliphatic rings. The van der Waals surface area contributed by atoms with Gasteiger partial charge in [0.25, 0.3) is 0 Å². The van der Waals surface area contributed by atoms with E-state index >= 15 is 0 Å². The molecule has 3 rings (SSSR count). The van der Waals surface area contributed by atoms with Crippen molar-refractivity contribution >= 4 is 11.9 Å². The standard InChI is InChI=1S/C22H24O2/c1-24-21-14-7-17(8-15-21)9-16-22(23)20-12-10-19(11-13-20)18-5-3-2-4-6-18/h7-16,18H,2-6H2,1H3. The van der Waals surface area contributed by atoms with Gasteiger partial charge in [0.2, 0.25) is 0 Å². The summed E-state index contributed by atoms with van der Waals surface area (Å²) in [7, 11) is 1.64. The zero-order valence-corrected chi connectivity index (χ0v) is 14.2. The second-order valence-electron chi connectivity index (χ2n) is 6.43. The molecule has 0 heterocycles. The number of hydrogen-bond donors (Lipinski definition) is 0. The highest BCUT2D eigenvalue weighted by molar-refractivity contribution is 6.06. The predicted molar refractivity (Wildman–Crippen MR) is 98.6 cm³/mol. The number of hydrogen-bond acceptors (Lipinski definition) is 2. The van der Waals surface area contributed by atoms with E-state index in [1.165, 1.54) is 37.7 Å². The normalized spacial score (nSPS) is 15.5. The summed E-state index contributed by atoms with van der Waals surface area (Å²) < 4.78 is 5.13. The first-order chi connectivity index (χ1) is 11.8. The number of ether oxygens (including phenoxy) is 1. The van der Waals surface area contributed by atoms with E-state index < -0.39 is 0 Å². The van der Waals surface area contributed by atoms with Crippen molar-refractivity contribution in [3.63, 3.8) is 0 Å². The van der Waals surface area contributed by atoms with Gasteiger partial charge in [-0.2, -0.15) is 0 Å². The number of ketones is 1. The van der Waals surface area contributed by atoms with Crippen LogP contribution in [-0.4, -0.2) is 12.9 Å². The molecule has 0 atom stereocenters. The molecule has 1 saturated carbocycles. The lowest BCUT2D eigenvalue weighted by atomic mass is 9.84. The number of rotatable bonds is 5. The van der Waals surface area contributed by atoms with Crippen LogP contribution in [0.2, 0.25) is 0 Å². The maximum Gasteiger partial charge on any atom is 0.185 e. The summed E-state index contributed by atoms with van der Waals surface area (Å²) in [4.78, 5) is 12.3. The van der Waals surface area contributed by atoms with Crippen molar-refractivity contribution in [2.75, 3.05) is 7.11 Å². The summed E-state index contributed by atoms with van der Waals surface area (Å²) in [6.07, 6.45) is 10.1. The fraction of sp³-hybridized carbons (Fsp3) is 0.318. The van der Waals surface area contributed by atoms with E-state index in [2.05, 4.69) is 12.1 Å². The fourth-order valence-corrected chi connectivity index (χ4v) is 3.34. The van der Waals surface area contributed by atoms with E-state index in [0.717, 1.165) is 16.9 Å². The molecule has 124 valence electrons. The molecular formula is C22H24O2. The van der Waals surface area contributed by atoms with E-state index in [-0.39, 0.29) is 5.78 Å². The average Bonchev–Trinajstić information content (AvgIpc) is 2.67. The third-order valence-corrected chi connectivity index (χ3v) is 4.81. The van der Waals surface area contributed by atoms with Crippen LogP contribution in [-0.2, 0) is 0 Å². The van der Waals surface area contributed by atoms with Gasteiger partial charge in [-0.15, -0.1) is 0 Å². The van der Waals surface area contributed by atoms with Gasteiger partial charge in [-0.05, 0) is 48.1 Å². The third kappa shape index (κ3) is 4.14. The second-order valence-corrected chi connectivity index (χ2v) is 6.43. The summed E-state index contributed by atoms with van der Waals surface area (Å²) in [6.45, 7) is 0. The number of carbonyl (C=O) groups excluding carboxylic acids is 1. The van der Waals surface area contributed by atoms with Crippen molar-refractivity contribution in [2.24, 2.45) is 0 Å². The Morgan fingerprint density at radius 1 is 0.958 bits per heavy atom. The summed E-state index contributed by atoms with van der Waals surface area (Å²) in [6, 6.07) is 15.8. The van der Waals surface area contributed by atoms with Crippen molar-refractivity contribution in [3.8, 4) is 5.75 Å². The molecule has 2 nitrogen and oxygen atoms in total. The lowest BCUT2D eigenvalue weighted by molar-refractivity contribution is 0.104. The molecule has 1 aliphatic carbocycles. The highest BCUT2D eigenvalue weighted by atomic mass is 16.5. The van der Waals surface area contributed by atoms with Crippen molar-refractivity contribution < 1.29 is 9.53 Å². The summed E-state index contributed by atoms with van der Waals surface area (Å²) in [5, 5.41) is 0. The molecular weight excluding hydrogens is 296 g/mol. The molecule has 2 aromatic rings. The Morgan fingerprint density at radius 3 is 2.25 bits per heavy atom. The van der Waals surface area contributed by atoms with Gasteiger partial charge in [0.15, 0.2) is 5.78 Å². The van der Waals surface area contributed by atoms with Crippen LogP contribution in [0.1, 0.15) is 59.5 Å². The molecule has 0 N–H and O–H groups in total. The first-order valence-corrected chi connectivity index (χ1v) is 8.73. The van der Waals surface area contributed by atoms with E-state index in [1.54, 1.807) is 13.2 Å². The fourth-order valence-electron chi connectivity index (χ4n) is 3.34. The van der Waals surface area contributed by atoms with Crippen molar-refractivity contribution in [2.45, 2.75) is 38.0 Å². The van der Waals surface area contributed by atoms with E-state index in [0.29, 0.717) is 5.92 Å². The minimum atomic E-state index is 0.0426. The molecule has 0 aromatic heterocycles. The number of carbonyl (C=O) groups is 1. The quantitative estimate of drug-likeness (QED) is 0.526. The van der Waals surface area contributed by atoms with Gasteiger partial charge in [0.05, 0.1) is 7.11 Å². The van der Waals surface area contributed by atoms with Crippen molar-refractivity contribution in [3.05, 3.63) is 71.3 Å². The highest BCUT2D eigenvalue weighted by Crippen LogP contribution is 2.32. The molecule has 1 fully saturated rings. The van der Waals surface area contributed by atoms with Crippen LogP contribution in [0.4, 0.5) is 0 Å². The van der Waals surface area contributed by atoms with Crippen LogP contribution in [0.15, 0.2) is 54.6 Å². The molecule has 0 spiro atoms. The summed E-state index contributed by atoms with van der Waals surface area (Å²) in [5.74, 6) is 1.54. The second kappa shape index (κ2) is 7.96. The van der Waals surface area contributed by atoms with Gasteiger partial charge in [-0.25, -0.2) is 0 Å². The summed E-state index contributed by atoms with van der Waals surface area (Å²) in [5.41, 5.74) is 3.12. The Labute approximate surface area is 144 Å². The lowest BCUT2D eigenvalue weighted by Crippen LogP contribution is -2.04. The third-order valence-electron chi connectivity index (χ3n) is 4.81. The molecule has 0 saturated heterocycles. The Balaban J connectivity index is 1.64. The Bertz CT molecular complexity index is 690. The Morgan fingerprint density at radius 2 is 1.62 bits per heavy atom. The number of benzene rings is 2. The van der Waals surface area contributed by atoms with Crippen LogP contribution < -0.4 is 4.74 Å². The van der Waals surface area contributed by atoms with E-state index in [9.17, 15) is 4.79 Å². The first kappa shape index (κ1) is 16.5. The largest absolute Gasteiger partial charge is 0.497 e.